The molecular weight excluding hydrogens is 242 g/mol. The average Bonchev–Trinajstić information content (AvgIpc) is 2.46. The van der Waals surface area contributed by atoms with E-state index in [0.717, 1.165) is 43.4 Å². The highest BCUT2D eigenvalue weighted by atomic mass is 16.4. The fraction of sp³-hybridized carbons (Fsp3) is 0.500. The first-order chi connectivity index (χ1) is 9.29. The highest BCUT2D eigenvalue weighted by Crippen LogP contribution is 2.08. The van der Waals surface area contributed by atoms with E-state index in [1.165, 1.54) is 0 Å². The predicted octanol–water partition coefficient (Wildman–Crippen LogP) is 1.42. The lowest BCUT2D eigenvalue weighted by Crippen LogP contribution is -2.20. The molecule has 0 aliphatic carbocycles. The maximum absolute atomic E-state index is 8.73. The van der Waals surface area contributed by atoms with Gasteiger partial charge in [-0.15, -0.1) is 0 Å². The third-order valence-corrected chi connectivity index (χ3v) is 2.98. The third-order valence-electron chi connectivity index (χ3n) is 2.98. The number of amidine groups is 1. The van der Waals surface area contributed by atoms with Gasteiger partial charge in [0.1, 0.15) is 0 Å². The van der Waals surface area contributed by atoms with Crippen LogP contribution in [0.5, 0.6) is 0 Å². The summed E-state index contributed by atoms with van der Waals surface area (Å²) < 4.78 is 0. The van der Waals surface area contributed by atoms with Crippen LogP contribution in [0.15, 0.2) is 29.4 Å². The van der Waals surface area contributed by atoms with Crippen LogP contribution in [0.1, 0.15) is 36.8 Å². The molecule has 0 aromatic heterocycles. The SMILES string of the molecule is N/C(=N/O)c1ccccc1CNCCCCCCO. The molecule has 0 aliphatic rings. The zero-order valence-corrected chi connectivity index (χ0v) is 11.2. The zero-order valence-electron chi connectivity index (χ0n) is 11.2. The van der Waals surface area contributed by atoms with Crippen LogP contribution >= 0.6 is 0 Å². The summed E-state index contributed by atoms with van der Waals surface area (Å²) in [6.45, 7) is 1.91. The molecule has 0 heterocycles. The van der Waals surface area contributed by atoms with Gasteiger partial charge in [-0.25, -0.2) is 0 Å². The molecule has 0 saturated carbocycles. The van der Waals surface area contributed by atoms with Crippen molar-refractivity contribution in [1.29, 1.82) is 0 Å². The summed E-state index contributed by atoms with van der Waals surface area (Å²) in [6, 6.07) is 7.61. The van der Waals surface area contributed by atoms with Crippen LogP contribution in [-0.4, -0.2) is 29.3 Å². The zero-order chi connectivity index (χ0) is 13.9. The fourth-order valence-electron chi connectivity index (χ4n) is 1.92. The van der Waals surface area contributed by atoms with Crippen LogP contribution in [0.25, 0.3) is 0 Å². The Kier molecular flexibility index (Phi) is 7.62. The first-order valence-corrected chi connectivity index (χ1v) is 6.67. The molecule has 0 spiro atoms. The summed E-state index contributed by atoms with van der Waals surface area (Å²) in [7, 11) is 0. The monoisotopic (exact) mass is 265 g/mol. The highest BCUT2D eigenvalue weighted by molar-refractivity contribution is 5.98. The summed E-state index contributed by atoms with van der Waals surface area (Å²) in [5, 5.41) is 23.8. The molecule has 0 unspecified atom stereocenters. The van der Waals surface area contributed by atoms with E-state index in [4.69, 9.17) is 16.0 Å². The molecule has 0 fully saturated rings. The molecule has 0 aliphatic heterocycles. The number of nitrogens with zero attached hydrogens (tertiary/aromatic N) is 1. The number of oxime groups is 1. The Morgan fingerprint density at radius 1 is 1.16 bits per heavy atom. The molecule has 106 valence electrons. The maximum atomic E-state index is 8.73. The Bertz CT molecular complexity index is 394. The quantitative estimate of drug-likeness (QED) is 0.179. The van der Waals surface area contributed by atoms with Crippen molar-refractivity contribution in [3.8, 4) is 0 Å². The number of nitrogens with one attached hydrogen (secondary N) is 1. The van der Waals surface area contributed by atoms with Crippen molar-refractivity contribution in [2.24, 2.45) is 10.9 Å². The van der Waals surface area contributed by atoms with Crippen molar-refractivity contribution in [3.63, 3.8) is 0 Å². The molecule has 0 bridgehead atoms. The van der Waals surface area contributed by atoms with Gasteiger partial charge in [-0.3, -0.25) is 0 Å². The van der Waals surface area contributed by atoms with E-state index in [1.807, 2.05) is 24.3 Å². The first kappa shape index (κ1) is 15.5. The number of aliphatic hydroxyl groups is 1. The summed E-state index contributed by atoms with van der Waals surface area (Å²) in [6.07, 6.45) is 4.16. The van der Waals surface area contributed by atoms with Crippen molar-refractivity contribution in [3.05, 3.63) is 35.4 Å². The largest absolute Gasteiger partial charge is 0.409 e. The lowest BCUT2D eigenvalue weighted by molar-refractivity contribution is 0.282. The number of hydrogen-bond acceptors (Lipinski definition) is 4. The minimum absolute atomic E-state index is 0.139. The van der Waals surface area contributed by atoms with Gasteiger partial charge in [0.05, 0.1) is 0 Å². The smallest absolute Gasteiger partial charge is 0.170 e. The summed E-state index contributed by atoms with van der Waals surface area (Å²) in [4.78, 5) is 0. The van der Waals surface area contributed by atoms with Crippen LogP contribution in [0.4, 0.5) is 0 Å². The standard InChI is InChI=1S/C14H23N3O2/c15-14(17-19)13-8-4-3-7-12(13)11-16-9-5-1-2-6-10-18/h3-4,7-8,16,18-19H,1-2,5-6,9-11H2,(H2,15,17). The Labute approximate surface area is 114 Å². The summed E-state index contributed by atoms with van der Waals surface area (Å²) in [5.41, 5.74) is 7.41. The van der Waals surface area contributed by atoms with Crippen molar-refractivity contribution < 1.29 is 10.3 Å². The van der Waals surface area contributed by atoms with Crippen LogP contribution in [0.2, 0.25) is 0 Å². The topological polar surface area (TPSA) is 90.9 Å². The van der Waals surface area contributed by atoms with E-state index in [9.17, 15) is 0 Å². The first-order valence-electron chi connectivity index (χ1n) is 6.67. The van der Waals surface area contributed by atoms with Crippen molar-refractivity contribution in [1.82, 2.24) is 5.32 Å². The Hall–Kier alpha value is -1.59. The molecule has 0 radical (unpaired) electrons. The average molecular weight is 265 g/mol. The van der Waals surface area contributed by atoms with Crippen LogP contribution in [0, 0.1) is 0 Å². The van der Waals surface area contributed by atoms with E-state index in [1.54, 1.807) is 0 Å². The van der Waals surface area contributed by atoms with Gasteiger partial charge in [-0.05, 0) is 24.9 Å². The lowest BCUT2D eigenvalue weighted by Gasteiger charge is -2.09. The summed E-state index contributed by atoms with van der Waals surface area (Å²) in [5.74, 6) is 0.139. The normalized spacial score (nSPS) is 11.7. The number of unbranched alkanes of at least 4 members (excludes halogenated alkanes) is 3. The van der Waals surface area contributed by atoms with Gasteiger partial charge in [0.25, 0.3) is 0 Å². The molecule has 1 rings (SSSR count). The van der Waals surface area contributed by atoms with Crippen molar-refractivity contribution >= 4 is 5.84 Å². The van der Waals surface area contributed by atoms with Crippen LogP contribution < -0.4 is 11.1 Å². The molecule has 0 amide bonds. The molecule has 5 nitrogen and oxygen atoms in total. The van der Waals surface area contributed by atoms with E-state index in [2.05, 4.69) is 10.5 Å². The maximum Gasteiger partial charge on any atom is 0.170 e. The number of benzene rings is 1. The van der Waals surface area contributed by atoms with Gasteiger partial charge < -0.3 is 21.4 Å². The molecule has 1 aromatic carbocycles. The van der Waals surface area contributed by atoms with Gasteiger partial charge in [0, 0.05) is 18.7 Å². The number of nitrogens with two attached hydrogens (primary N) is 1. The van der Waals surface area contributed by atoms with E-state index in [0.29, 0.717) is 6.54 Å². The second kappa shape index (κ2) is 9.35. The number of hydrogen-bond donors (Lipinski definition) is 4. The summed E-state index contributed by atoms with van der Waals surface area (Å²) >= 11 is 0. The van der Waals surface area contributed by atoms with Crippen molar-refractivity contribution in [2.75, 3.05) is 13.2 Å². The van der Waals surface area contributed by atoms with E-state index < -0.39 is 0 Å². The van der Waals surface area contributed by atoms with Gasteiger partial charge >= 0.3 is 0 Å². The second-order valence-corrected chi connectivity index (χ2v) is 4.46. The minimum atomic E-state index is 0.139. The van der Waals surface area contributed by atoms with E-state index >= 15 is 0 Å². The van der Waals surface area contributed by atoms with Crippen molar-refractivity contribution in [2.45, 2.75) is 32.2 Å². The molecule has 19 heavy (non-hydrogen) atoms. The van der Waals surface area contributed by atoms with Crippen LogP contribution in [-0.2, 0) is 6.54 Å². The Morgan fingerprint density at radius 3 is 2.63 bits per heavy atom. The molecule has 0 saturated heterocycles. The number of rotatable bonds is 9. The van der Waals surface area contributed by atoms with Gasteiger partial charge in [0.2, 0.25) is 0 Å². The lowest BCUT2D eigenvalue weighted by atomic mass is 10.1. The Morgan fingerprint density at radius 2 is 1.89 bits per heavy atom. The van der Waals surface area contributed by atoms with E-state index in [-0.39, 0.29) is 12.4 Å². The third kappa shape index (κ3) is 5.72. The van der Waals surface area contributed by atoms with Gasteiger partial charge in [0.15, 0.2) is 5.84 Å². The van der Waals surface area contributed by atoms with Crippen LogP contribution in [0.3, 0.4) is 0 Å². The Balaban J connectivity index is 2.33. The predicted molar refractivity (Wildman–Crippen MR) is 76.2 cm³/mol. The molecule has 5 N–H and O–H groups in total. The second-order valence-electron chi connectivity index (χ2n) is 4.46. The fourth-order valence-corrected chi connectivity index (χ4v) is 1.92. The molecule has 5 heteroatoms. The van der Waals surface area contributed by atoms with Gasteiger partial charge in [-0.1, -0.05) is 42.3 Å². The number of aliphatic hydroxyl groups excluding tert-OH is 1. The minimum Gasteiger partial charge on any atom is -0.409 e. The highest BCUT2D eigenvalue weighted by Gasteiger charge is 2.05. The molecule has 1 aromatic rings. The van der Waals surface area contributed by atoms with Gasteiger partial charge in [-0.2, -0.15) is 0 Å². The molecular formula is C14H23N3O2. The molecule has 0 atom stereocenters.